The third-order valence-corrected chi connectivity index (χ3v) is 5.14. The van der Waals surface area contributed by atoms with Crippen LogP contribution in [0.1, 0.15) is 37.0 Å². The molecule has 0 aliphatic carbocycles. The molecule has 0 aromatic heterocycles. The fourth-order valence-corrected chi connectivity index (χ4v) is 3.65. The van der Waals surface area contributed by atoms with Gasteiger partial charge in [0.2, 0.25) is 0 Å². The largest absolute Gasteiger partial charge is 0.336 e. The highest BCUT2D eigenvalue weighted by molar-refractivity contribution is 8.13. The van der Waals surface area contributed by atoms with E-state index in [1.807, 2.05) is 6.92 Å². The van der Waals surface area contributed by atoms with Gasteiger partial charge >= 0.3 is 0 Å². The monoisotopic (exact) mass is 315 g/mol. The summed E-state index contributed by atoms with van der Waals surface area (Å²) in [5.74, 6) is 0.166. The molecule has 2 rings (SSSR count). The Labute approximate surface area is 124 Å². The normalized spacial score (nSPS) is 23.6. The Hall–Kier alpha value is -1.07. The number of likely N-dealkylation sites (tertiary alicyclic amines) is 1. The van der Waals surface area contributed by atoms with Gasteiger partial charge in [-0.05, 0) is 37.8 Å². The van der Waals surface area contributed by atoms with Gasteiger partial charge in [-0.2, -0.15) is 0 Å². The van der Waals surface area contributed by atoms with Gasteiger partial charge in [0.1, 0.15) is 0 Å². The van der Waals surface area contributed by atoms with Gasteiger partial charge in [0.25, 0.3) is 15.0 Å². The Balaban J connectivity index is 2.39. The smallest absolute Gasteiger partial charge is 0.262 e. The third-order valence-electron chi connectivity index (χ3n) is 3.76. The lowest BCUT2D eigenvalue weighted by Crippen LogP contribution is -2.45. The number of hydrogen-bond donors (Lipinski definition) is 0. The first kappa shape index (κ1) is 15.3. The summed E-state index contributed by atoms with van der Waals surface area (Å²) in [5, 5.41) is 0. The van der Waals surface area contributed by atoms with E-state index in [0.717, 1.165) is 12.8 Å². The second-order valence-electron chi connectivity index (χ2n) is 5.42. The highest BCUT2D eigenvalue weighted by Gasteiger charge is 2.30. The fraction of sp³-hybridized carbons (Fsp3) is 0.500. The van der Waals surface area contributed by atoms with Crippen LogP contribution in [-0.4, -0.2) is 31.8 Å². The van der Waals surface area contributed by atoms with Crippen LogP contribution in [0.25, 0.3) is 0 Å². The average Bonchev–Trinajstić information content (AvgIpc) is 2.40. The number of halogens is 1. The van der Waals surface area contributed by atoms with Crippen molar-refractivity contribution in [1.82, 2.24) is 4.90 Å². The maximum Gasteiger partial charge on any atom is 0.262 e. The molecular formula is C14H18ClNO3S. The first-order valence-corrected chi connectivity index (χ1v) is 8.96. The molecule has 0 bridgehead atoms. The molecule has 1 saturated heterocycles. The summed E-state index contributed by atoms with van der Waals surface area (Å²) in [5.41, 5.74) is 0.156. The van der Waals surface area contributed by atoms with Crippen molar-refractivity contribution < 1.29 is 13.2 Å². The summed E-state index contributed by atoms with van der Waals surface area (Å²) in [7, 11) is 1.49. The molecule has 2 atom stereocenters. The van der Waals surface area contributed by atoms with Gasteiger partial charge in [-0.3, -0.25) is 4.79 Å². The number of benzene rings is 1. The van der Waals surface area contributed by atoms with Crippen LogP contribution in [0.5, 0.6) is 0 Å². The zero-order valence-electron chi connectivity index (χ0n) is 11.5. The van der Waals surface area contributed by atoms with Crippen molar-refractivity contribution >= 4 is 25.6 Å². The summed E-state index contributed by atoms with van der Waals surface area (Å²) in [6, 6.07) is 6.22. The van der Waals surface area contributed by atoms with Crippen molar-refractivity contribution in [1.29, 1.82) is 0 Å². The molecule has 1 amide bonds. The minimum absolute atomic E-state index is 0.114. The zero-order valence-corrected chi connectivity index (χ0v) is 13.1. The van der Waals surface area contributed by atoms with E-state index < -0.39 is 9.05 Å². The van der Waals surface area contributed by atoms with Gasteiger partial charge in [0, 0.05) is 23.3 Å². The number of piperidine rings is 1. The Morgan fingerprint density at radius 1 is 1.25 bits per heavy atom. The van der Waals surface area contributed by atoms with Crippen LogP contribution in [0, 0.1) is 5.92 Å². The van der Waals surface area contributed by atoms with Crippen LogP contribution in [0.15, 0.2) is 29.2 Å². The van der Waals surface area contributed by atoms with Crippen molar-refractivity contribution in [3.63, 3.8) is 0 Å². The fourth-order valence-electron chi connectivity index (χ4n) is 2.58. The zero-order chi connectivity index (χ0) is 14.9. The quantitative estimate of drug-likeness (QED) is 0.789. The number of amides is 1. The maximum absolute atomic E-state index is 12.6. The molecule has 2 unspecified atom stereocenters. The van der Waals surface area contributed by atoms with Crippen LogP contribution in [0.2, 0.25) is 0 Å². The van der Waals surface area contributed by atoms with E-state index in [1.165, 1.54) is 12.1 Å². The van der Waals surface area contributed by atoms with E-state index in [2.05, 4.69) is 6.92 Å². The van der Waals surface area contributed by atoms with Crippen molar-refractivity contribution in [2.75, 3.05) is 6.54 Å². The molecule has 1 aliphatic rings. The molecule has 6 heteroatoms. The summed E-state index contributed by atoms with van der Waals surface area (Å²) in [6.07, 6.45) is 2.02. The van der Waals surface area contributed by atoms with Crippen molar-refractivity contribution in [2.24, 2.45) is 5.92 Å². The SMILES string of the molecule is CC1CCC(C)N(C(=O)c2ccccc2S(=O)(=O)Cl)C1. The molecule has 0 radical (unpaired) electrons. The van der Waals surface area contributed by atoms with E-state index >= 15 is 0 Å². The Morgan fingerprint density at radius 2 is 1.90 bits per heavy atom. The minimum atomic E-state index is -3.92. The van der Waals surface area contributed by atoms with Crippen LogP contribution < -0.4 is 0 Å². The molecule has 1 aliphatic heterocycles. The lowest BCUT2D eigenvalue weighted by Gasteiger charge is -2.37. The Kier molecular flexibility index (Phi) is 4.39. The number of carbonyl (C=O) groups excluding carboxylic acids is 1. The average molecular weight is 316 g/mol. The van der Waals surface area contributed by atoms with Crippen LogP contribution in [0.4, 0.5) is 0 Å². The minimum Gasteiger partial charge on any atom is -0.336 e. The van der Waals surface area contributed by atoms with Crippen LogP contribution in [-0.2, 0) is 9.05 Å². The van der Waals surface area contributed by atoms with Crippen LogP contribution >= 0.6 is 10.7 Å². The topological polar surface area (TPSA) is 54.5 Å². The lowest BCUT2D eigenvalue weighted by atomic mass is 9.94. The number of rotatable bonds is 2. The number of nitrogens with zero attached hydrogens (tertiary/aromatic N) is 1. The van der Waals surface area contributed by atoms with E-state index in [4.69, 9.17) is 10.7 Å². The second kappa shape index (κ2) is 5.74. The highest BCUT2D eigenvalue weighted by Crippen LogP contribution is 2.26. The third kappa shape index (κ3) is 3.15. The standard InChI is InChI=1S/C14H18ClNO3S/c1-10-7-8-11(2)16(9-10)14(17)12-5-3-4-6-13(12)20(15,18)19/h3-6,10-11H,7-9H2,1-2H3. The predicted octanol–water partition coefficient (Wildman–Crippen LogP) is 2.87. The Morgan fingerprint density at radius 3 is 2.55 bits per heavy atom. The second-order valence-corrected chi connectivity index (χ2v) is 7.96. The van der Waals surface area contributed by atoms with E-state index in [0.29, 0.717) is 12.5 Å². The van der Waals surface area contributed by atoms with Gasteiger partial charge < -0.3 is 4.90 Å². The first-order chi connectivity index (χ1) is 9.30. The predicted molar refractivity (Wildman–Crippen MR) is 78.4 cm³/mol. The van der Waals surface area contributed by atoms with Gasteiger partial charge in [-0.15, -0.1) is 0 Å². The lowest BCUT2D eigenvalue weighted by molar-refractivity contribution is 0.0570. The van der Waals surface area contributed by atoms with Gasteiger partial charge in [-0.1, -0.05) is 19.1 Å². The highest BCUT2D eigenvalue weighted by atomic mass is 35.7. The summed E-state index contributed by atoms with van der Waals surface area (Å²) < 4.78 is 23.2. The summed E-state index contributed by atoms with van der Waals surface area (Å²) >= 11 is 0. The number of carbonyl (C=O) groups is 1. The molecular weight excluding hydrogens is 298 g/mol. The van der Waals surface area contributed by atoms with Gasteiger partial charge in [-0.25, -0.2) is 8.42 Å². The molecule has 1 aromatic carbocycles. The van der Waals surface area contributed by atoms with E-state index in [-0.39, 0.29) is 22.4 Å². The molecule has 1 fully saturated rings. The van der Waals surface area contributed by atoms with Gasteiger partial charge in [0.05, 0.1) is 10.5 Å². The Bertz CT molecular complexity index is 615. The molecule has 20 heavy (non-hydrogen) atoms. The molecule has 0 N–H and O–H groups in total. The molecule has 0 spiro atoms. The molecule has 1 heterocycles. The molecule has 4 nitrogen and oxygen atoms in total. The van der Waals surface area contributed by atoms with Gasteiger partial charge in [0.15, 0.2) is 0 Å². The number of hydrogen-bond acceptors (Lipinski definition) is 3. The molecule has 1 aromatic rings. The first-order valence-electron chi connectivity index (χ1n) is 6.65. The summed E-state index contributed by atoms with van der Waals surface area (Å²) in [4.78, 5) is 14.3. The maximum atomic E-state index is 12.6. The van der Waals surface area contributed by atoms with Crippen molar-refractivity contribution in [3.8, 4) is 0 Å². The van der Waals surface area contributed by atoms with Crippen molar-refractivity contribution in [2.45, 2.75) is 37.6 Å². The van der Waals surface area contributed by atoms with E-state index in [9.17, 15) is 13.2 Å². The molecule has 110 valence electrons. The van der Waals surface area contributed by atoms with Crippen LogP contribution in [0.3, 0.4) is 0 Å². The molecule has 0 saturated carbocycles. The summed E-state index contributed by atoms with van der Waals surface area (Å²) in [6.45, 7) is 4.73. The van der Waals surface area contributed by atoms with E-state index in [1.54, 1.807) is 17.0 Å². The van der Waals surface area contributed by atoms with Crippen molar-refractivity contribution in [3.05, 3.63) is 29.8 Å².